The Bertz CT molecular complexity index is 783. The molecule has 2 saturated heterocycles. The van der Waals surface area contributed by atoms with Crippen LogP contribution in [0.25, 0.3) is 0 Å². The van der Waals surface area contributed by atoms with E-state index in [-0.39, 0.29) is 17.9 Å². The number of nitrogens with two attached hydrogens (primary N) is 1. The first-order valence-electron chi connectivity index (χ1n) is 7.13. The number of fused-ring (bicyclic) bond motifs is 1. The van der Waals surface area contributed by atoms with Gasteiger partial charge in [-0.2, -0.15) is 4.31 Å². The van der Waals surface area contributed by atoms with Crippen molar-refractivity contribution in [1.29, 1.82) is 0 Å². The van der Waals surface area contributed by atoms with E-state index < -0.39 is 40.0 Å². The molecule has 3 N–H and O–H groups in total. The number of sulfonamides is 1. The third-order valence-electron chi connectivity index (χ3n) is 3.81. The number of hydrogen-bond donors (Lipinski definition) is 2. The Morgan fingerprint density at radius 2 is 2.04 bits per heavy atom. The van der Waals surface area contributed by atoms with Crippen LogP contribution in [-0.2, 0) is 19.6 Å². The van der Waals surface area contributed by atoms with Gasteiger partial charge in [0, 0.05) is 13.1 Å². The van der Waals surface area contributed by atoms with Gasteiger partial charge in [0.25, 0.3) is 0 Å². The standard InChI is InChI=1S/C13H14F3N3O5S/c14-13(15,16)23-8-1-3-9(4-2-8)25(21,22)19-6-5-18-11-12(19,24-11)7-10(17)20/h1-4,11,18H,5-7H2,(H2,17,20). The lowest BCUT2D eigenvalue weighted by molar-refractivity contribution is -0.274. The number of nitrogens with one attached hydrogen (secondary N) is 1. The zero-order chi connectivity index (χ0) is 18.5. The van der Waals surface area contributed by atoms with Crippen LogP contribution in [0, 0.1) is 0 Å². The van der Waals surface area contributed by atoms with Crippen molar-refractivity contribution in [1.82, 2.24) is 9.62 Å². The molecule has 0 saturated carbocycles. The lowest BCUT2D eigenvalue weighted by Crippen LogP contribution is -2.55. The van der Waals surface area contributed by atoms with E-state index in [9.17, 15) is 26.4 Å². The fourth-order valence-electron chi connectivity index (χ4n) is 2.78. The number of nitrogens with zero attached hydrogens (tertiary/aromatic N) is 1. The minimum absolute atomic E-state index is 0.0207. The Hall–Kier alpha value is -1.89. The number of piperazine rings is 1. The lowest BCUT2D eigenvalue weighted by atomic mass is 10.1. The highest BCUT2D eigenvalue weighted by Gasteiger charge is 2.66. The van der Waals surface area contributed by atoms with Crippen LogP contribution in [-0.4, -0.2) is 50.0 Å². The topological polar surface area (TPSA) is 114 Å². The maximum absolute atomic E-state index is 12.8. The Morgan fingerprint density at radius 3 is 2.60 bits per heavy atom. The fourth-order valence-corrected chi connectivity index (χ4v) is 4.46. The summed E-state index contributed by atoms with van der Waals surface area (Å²) in [5.74, 6) is -1.28. The van der Waals surface area contributed by atoms with Gasteiger partial charge in [-0.1, -0.05) is 0 Å². The van der Waals surface area contributed by atoms with Crippen molar-refractivity contribution >= 4 is 15.9 Å². The van der Waals surface area contributed by atoms with E-state index in [0.717, 1.165) is 28.6 Å². The van der Waals surface area contributed by atoms with Gasteiger partial charge in [-0.25, -0.2) is 8.42 Å². The van der Waals surface area contributed by atoms with Crippen molar-refractivity contribution in [3.05, 3.63) is 24.3 Å². The number of carbonyl (C=O) groups is 1. The first kappa shape index (κ1) is 17.9. The maximum atomic E-state index is 12.8. The van der Waals surface area contributed by atoms with E-state index in [4.69, 9.17) is 10.5 Å². The number of ether oxygens (including phenoxy) is 2. The number of halogens is 3. The molecular formula is C13H14F3N3O5S. The largest absolute Gasteiger partial charge is 0.573 e. The zero-order valence-corrected chi connectivity index (χ0v) is 13.4. The molecule has 1 aromatic rings. The zero-order valence-electron chi connectivity index (χ0n) is 12.6. The van der Waals surface area contributed by atoms with Crippen LogP contribution >= 0.6 is 0 Å². The molecule has 2 aliphatic heterocycles. The SMILES string of the molecule is NC(=O)CC12OC1NCCN2S(=O)(=O)c1ccc(OC(F)(F)F)cc1. The van der Waals surface area contributed by atoms with E-state index in [2.05, 4.69) is 10.1 Å². The summed E-state index contributed by atoms with van der Waals surface area (Å²) in [7, 11) is -4.11. The molecule has 0 aromatic heterocycles. The first-order chi connectivity index (χ1) is 11.5. The second-order valence-electron chi connectivity index (χ2n) is 5.54. The molecule has 138 valence electrons. The van der Waals surface area contributed by atoms with Gasteiger partial charge in [-0.15, -0.1) is 13.2 Å². The van der Waals surface area contributed by atoms with Gasteiger partial charge in [0.05, 0.1) is 11.3 Å². The molecule has 2 fully saturated rings. The van der Waals surface area contributed by atoms with E-state index in [1.807, 2.05) is 0 Å². The summed E-state index contributed by atoms with van der Waals surface area (Å²) < 4.78 is 72.2. The summed E-state index contributed by atoms with van der Waals surface area (Å²) in [6.45, 7) is 0.312. The molecule has 0 spiro atoms. The van der Waals surface area contributed by atoms with Gasteiger partial charge in [-0.3, -0.25) is 10.1 Å². The number of amides is 1. The number of rotatable bonds is 5. The number of benzene rings is 1. The summed E-state index contributed by atoms with van der Waals surface area (Å²) in [5.41, 5.74) is 3.77. The van der Waals surface area contributed by atoms with Gasteiger partial charge < -0.3 is 15.2 Å². The number of alkyl halides is 3. The minimum Gasteiger partial charge on any atom is -0.406 e. The first-order valence-corrected chi connectivity index (χ1v) is 8.57. The predicted molar refractivity (Wildman–Crippen MR) is 76.4 cm³/mol. The summed E-state index contributed by atoms with van der Waals surface area (Å²) in [6, 6.07) is 3.78. The molecule has 3 rings (SSSR count). The fraction of sp³-hybridized carbons (Fsp3) is 0.462. The molecule has 2 aliphatic rings. The molecular weight excluding hydrogens is 367 g/mol. The van der Waals surface area contributed by atoms with Crippen LogP contribution in [0.15, 0.2) is 29.2 Å². The summed E-state index contributed by atoms with van der Waals surface area (Å²) in [5, 5.41) is 2.91. The van der Waals surface area contributed by atoms with Crippen LogP contribution in [0.1, 0.15) is 6.42 Å². The monoisotopic (exact) mass is 381 g/mol. The van der Waals surface area contributed by atoms with E-state index in [1.165, 1.54) is 0 Å². The molecule has 2 heterocycles. The van der Waals surface area contributed by atoms with Crippen LogP contribution in [0.3, 0.4) is 0 Å². The van der Waals surface area contributed by atoms with Crippen molar-refractivity contribution in [2.24, 2.45) is 5.73 Å². The lowest BCUT2D eigenvalue weighted by Gasteiger charge is -2.31. The van der Waals surface area contributed by atoms with E-state index >= 15 is 0 Å². The Labute approximate surface area is 140 Å². The van der Waals surface area contributed by atoms with Gasteiger partial charge >= 0.3 is 6.36 Å². The average Bonchev–Trinajstić information content (AvgIpc) is 3.18. The van der Waals surface area contributed by atoms with Gasteiger partial charge in [0.1, 0.15) is 5.75 Å². The van der Waals surface area contributed by atoms with E-state index in [1.54, 1.807) is 0 Å². The van der Waals surface area contributed by atoms with Crippen LogP contribution < -0.4 is 15.8 Å². The quantitative estimate of drug-likeness (QED) is 0.700. The summed E-state index contributed by atoms with van der Waals surface area (Å²) in [6.07, 6.45) is -5.87. The molecule has 25 heavy (non-hydrogen) atoms. The molecule has 0 bridgehead atoms. The number of carbonyl (C=O) groups excluding carboxylic acids is 1. The van der Waals surface area contributed by atoms with Gasteiger partial charge in [0.15, 0.2) is 12.0 Å². The third-order valence-corrected chi connectivity index (χ3v) is 5.75. The highest BCUT2D eigenvalue weighted by Crippen LogP contribution is 2.46. The van der Waals surface area contributed by atoms with E-state index in [0.29, 0.717) is 6.54 Å². The van der Waals surface area contributed by atoms with Crippen molar-refractivity contribution in [2.45, 2.75) is 29.6 Å². The Balaban J connectivity index is 1.87. The second-order valence-corrected chi connectivity index (χ2v) is 7.40. The highest BCUT2D eigenvalue weighted by molar-refractivity contribution is 7.89. The summed E-state index contributed by atoms with van der Waals surface area (Å²) in [4.78, 5) is 11.0. The normalized spacial score (nSPS) is 26.8. The van der Waals surface area contributed by atoms with Crippen molar-refractivity contribution in [3.63, 3.8) is 0 Å². The summed E-state index contributed by atoms with van der Waals surface area (Å²) >= 11 is 0. The Kier molecular flexibility index (Phi) is 4.18. The number of primary amides is 1. The average molecular weight is 381 g/mol. The Morgan fingerprint density at radius 1 is 1.40 bits per heavy atom. The van der Waals surface area contributed by atoms with Crippen LogP contribution in [0.4, 0.5) is 13.2 Å². The molecule has 8 nitrogen and oxygen atoms in total. The van der Waals surface area contributed by atoms with Crippen molar-refractivity contribution in [3.8, 4) is 5.75 Å². The molecule has 12 heteroatoms. The van der Waals surface area contributed by atoms with Crippen LogP contribution in [0.5, 0.6) is 5.75 Å². The number of hydrogen-bond acceptors (Lipinski definition) is 6. The van der Waals surface area contributed by atoms with Crippen molar-refractivity contribution in [2.75, 3.05) is 13.1 Å². The van der Waals surface area contributed by atoms with Gasteiger partial charge in [-0.05, 0) is 24.3 Å². The molecule has 2 unspecified atom stereocenters. The van der Waals surface area contributed by atoms with Crippen LogP contribution in [0.2, 0.25) is 0 Å². The predicted octanol–water partition coefficient (Wildman–Crippen LogP) is 0.107. The highest BCUT2D eigenvalue weighted by atomic mass is 32.2. The molecule has 0 radical (unpaired) electrons. The number of epoxide rings is 1. The second kappa shape index (κ2) is 5.83. The third kappa shape index (κ3) is 3.42. The molecule has 0 aliphatic carbocycles. The maximum Gasteiger partial charge on any atom is 0.573 e. The minimum atomic E-state index is -4.88. The smallest absolute Gasteiger partial charge is 0.406 e. The van der Waals surface area contributed by atoms with Crippen molar-refractivity contribution < 1.29 is 35.9 Å². The van der Waals surface area contributed by atoms with Gasteiger partial charge in [0.2, 0.25) is 15.9 Å². The molecule has 2 atom stereocenters. The molecule has 1 aromatic carbocycles. The molecule has 1 amide bonds.